The molecule has 0 aliphatic rings. The van der Waals surface area contributed by atoms with E-state index in [0.29, 0.717) is 23.6 Å². The second-order valence-corrected chi connectivity index (χ2v) is 5.30. The van der Waals surface area contributed by atoms with E-state index in [1.54, 1.807) is 38.1 Å². The molecule has 1 heterocycles. The predicted molar refractivity (Wildman–Crippen MR) is 86.0 cm³/mol. The maximum absolute atomic E-state index is 12.6. The number of likely N-dealkylation sites (N-methyl/N-ethyl adjacent to an activating group) is 1. The van der Waals surface area contributed by atoms with E-state index in [2.05, 4.69) is 5.16 Å². The van der Waals surface area contributed by atoms with Crippen molar-refractivity contribution in [3.63, 3.8) is 0 Å². The molecule has 0 aliphatic carbocycles. The van der Waals surface area contributed by atoms with Gasteiger partial charge in [0, 0.05) is 6.54 Å². The number of benzene rings is 1. The van der Waals surface area contributed by atoms with Crippen LogP contribution in [-0.2, 0) is 11.4 Å². The summed E-state index contributed by atoms with van der Waals surface area (Å²) in [6, 6.07) is 6.77. The Hall–Kier alpha value is -2.83. The van der Waals surface area contributed by atoms with Crippen molar-refractivity contribution in [1.82, 2.24) is 10.1 Å². The van der Waals surface area contributed by atoms with Crippen LogP contribution >= 0.6 is 0 Å². The molecule has 0 saturated carbocycles. The fourth-order valence-corrected chi connectivity index (χ4v) is 2.29. The summed E-state index contributed by atoms with van der Waals surface area (Å²) in [5, 5.41) is 12.8. The summed E-state index contributed by atoms with van der Waals surface area (Å²) in [7, 11) is 0. The van der Waals surface area contributed by atoms with E-state index in [9.17, 15) is 9.59 Å². The molecule has 1 aromatic heterocycles. The van der Waals surface area contributed by atoms with Crippen LogP contribution < -0.4 is 4.74 Å². The van der Waals surface area contributed by atoms with E-state index in [-0.39, 0.29) is 19.1 Å². The smallest absolute Gasteiger partial charge is 0.323 e. The van der Waals surface area contributed by atoms with Gasteiger partial charge in [-0.05, 0) is 32.9 Å². The summed E-state index contributed by atoms with van der Waals surface area (Å²) in [6.45, 7) is 5.50. The minimum absolute atomic E-state index is 0.219. The lowest BCUT2D eigenvalue weighted by atomic mass is 10.1. The molecule has 1 N–H and O–H groups in total. The van der Waals surface area contributed by atoms with Gasteiger partial charge in [0.1, 0.15) is 24.7 Å². The second-order valence-electron chi connectivity index (χ2n) is 5.30. The third-order valence-electron chi connectivity index (χ3n) is 3.67. The molecule has 0 atom stereocenters. The summed E-state index contributed by atoms with van der Waals surface area (Å²) in [5.41, 5.74) is 1.89. The van der Waals surface area contributed by atoms with Gasteiger partial charge in [-0.3, -0.25) is 9.59 Å². The maximum Gasteiger partial charge on any atom is 0.323 e. The highest BCUT2D eigenvalue weighted by Crippen LogP contribution is 2.22. The topological polar surface area (TPSA) is 92.9 Å². The molecule has 24 heavy (non-hydrogen) atoms. The molecule has 2 rings (SSSR count). The molecule has 0 saturated heterocycles. The van der Waals surface area contributed by atoms with Crippen LogP contribution in [0.5, 0.6) is 5.75 Å². The zero-order valence-corrected chi connectivity index (χ0v) is 13.9. The van der Waals surface area contributed by atoms with Crippen molar-refractivity contribution in [2.75, 3.05) is 13.1 Å². The van der Waals surface area contributed by atoms with Crippen molar-refractivity contribution in [3.8, 4) is 5.75 Å². The summed E-state index contributed by atoms with van der Waals surface area (Å²) >= 11 is 0. The molecule has 7 heteroatoms. The first kappa shape index (κ1) is 17.5. The van der Waals surface area contributed by atoms with Crippen molar-refractivity contribution in [2.45, 2.75) is 27.4 Å². The first-order valence-corrected chi connectivity index (χ1v) is 7.58. The van der Waals surface area contributed by atoms with Gasteiger partial charge < -0.3 is 19.3 Å². The number of carbonyl (C=O) groups is 2. The van der Waals surface area contributed by atoms with Crippen LogP contribution in [0, 0.1) is 13.8 Å². The molecule has 0 radical (unpaired) electrons. The third-order valence-corrected chi connectivity index (χ3v) is 3.67. The highest BCUT2D eigenvalue weighted by atomic mass is 16.5. The van der Waals surface area contributed by atoms with Gasteiger partial charge in [0.25, 0.3) is 5.91 Å². The number of amides is 1. The van der Waals surface area contributed by atoms with E-state index in [1.165, 1.54) is 4.90 Å². The van der Waals surface area contributed by atoms with Crippen molar-refractivity contribution >= 4 is 11.9 Å². The molecule has 0 fully saturated rings. The minimum Gasteiger partial charge on any atom is -0.488 e. The van der Waals surface area contributed by atoms with Crippen LogP contribution in [0.2, 0.25) is 0 Å². The molecule has 0 unspecified atom stereocenters. The number of carboxylic acids is 1. The van der Waals surface area contributed by atoms with Crippen LogP contribution in [0.25, 0.3) is 0 Å². The largest absolute Gasteiger partial charge is 0.488 e. The number of aryl methyl sites for hydroxylation is 2. The lowest BCUT2D eigenvalue weighted by Crippen LogP contribution is -2.35. The molecule has 0 bridgehead atoms. The van der Waals surface area contributed by atoms with E-state index in [4.69, 9.17) is 14.4 Å². The Morgan fingerprint density at radius 2 is 2.00 bits per heavy atom. The van der Waals surface area contributed by atoms with Crippen LogP contribution in [-0.4, -0.2) is 40.1 Å². The molecule has 1 aromatic carbocycles. The third kappa shape index (κ3) is 3.92. The summed E-state index contributed by atoms with van der Waals surface area (Å²) in [4.78, 5) is 24.7. The van der Waals surface area contributed by atoms with Gasteiger partial charge in [0.05, 0.1) is 16.8 Å². The van der Waals surface area contributed by atoms with Crippen LogP contribution in [0.3, 0.4) is 0 Å². The van der Waals surface area contributed by atoms with E-state index >= 15 is 0 Å². The van der Waals surface area contributed by atoms with Crippen LogP contribution in [0.15, 0.2) is 28.8 Å². The molecule has 1 amide bonds. The Balaban J connectivity index is 2.20. The lowest BCUT2D eigenvalue weighted by Gasteiger charge is -2.20. The van der Waals surface area contributed by atoms with Gasteiger partial charge in [-0.15, -0.1) is 0 Å². The number of aliphatic carboxylic acids is 1. The van der Waals surface area contributed by atoms with Crippen molar-refractivity contribution in [1.29, 1.82) is 0 Å². The molecule has 0 aliphatic heterocycles. The minimum atomic E-state index is -1.06. The van der Waals surface area contributed by atoms with Gasteiger partial charge >= 0.3 is 5.97 Å². The Bertz CT molecular complexity index is 719. The van der Waals surface area contributed by atoms with Crippen LogP contribution in [0.4, 0.5) is 0 Å². The average Bonchev–Trinajstić information content (AvgIpc) is 2.88. The Morgan fingerprint density at radius 3 is 2.58 bits per heavy atom. The van der Waals surface area contributed by atoms with E-state index in [0.717, 1.165) is 11.3 Å². The first-order chi connectivity index (χ1) is 11.4. The number of rotatable bonds is 7. The van der Waals surface area contributed by atoms with Crippen molar-refractivity contribution in [2.24, 2.45) is 0 Å². The second kappa shape index (κ2) is 7.63. The Kier molecular flexibility index (Phi) is 5.57. The monoisotopic (exact) mass is 332 g/mol. The summed E-state index contributed by atoms with van der Waals surface area (Å²) in [6.07, 6.45) is 0. The molecule has 128 valence electrons. The highest BCUT2D eigenvalue weighted by Gasteiger charge is 2.21. The lowest BCUT2D eigenvalue weighted by molar-refractivity contribution is -0.137. The molecular weight excluding hydrogens is 312 g/mol. The van der Waals surface area contributed by atoms with Crippen molar-refractivity contribution < 1.29 is 24.0 Å². The summed E-state index contributed by atoms with van der Waals surface area (Å²) < 4.78 is 10.9. The SMILES string of the molecule is CCN(CC(=O)O)C(=O)c1ccccc1OCc1c(C)noc1C. The Labute approximate surface area is 139 Å². The number of para-hydroxylation sites is 1. The quantitative estimate of drug-likeness (QED) is 0.837. The highest BCUT2D eigenvalue weighted by molar-refractivity contribution is 5.98. The number of hydrogen-bond acceptors (Lipinski definition) is 5. The number of carboxylic acid groups (broad SMARTS) is 1. The molecular formula is C17H20N2O5. The zero-order chi connectivity index (χ0) is 17.7. The number of nitrogens with zero attached hydrogens (tertiary/aromatic N) is 2. The predicted octanol–water partition coefficient (Wildman–Crippen LogP) is 2.42. The number of hydrogen-bond donors (Lipinski definition) is 1. The standard InChI is InChI=1S/C17H20N2O5/c1-4-19(9-16(20)21)17(22)13-7-5-6-8-15(13)23-10-14-11(2)18-24-12(14)3/h5-8H,4,9-10H2,1-3H3,(H,20,21). The van der Waals surface area contributed by atoms with Crippen molar-refractivity contribution in [3.05, 3.63) is 46.8 Å². The molecule has 0 spiro atoms. The summed E-state index contributed by atoms with van der Waals surface area (Å²) in [5.74, 6) is -0.378. The van der Waals surface area contributed by atoms with E-state index in [1.807, 2.05) is 6.92 Å². The molecule has 7 nitrogen and oxygen atoms in total. The zero-order valence-electron chi connectivity index (χ0n) is 13.9. The van der Waals surface area contributed by atoms with Gasteiger partial charge in [-0.2, -0.15) is 0 Å². The average molecular weight is 332 g/mol. The fraction of sp³-hybridized carbons (Fsp3) is 0.353. The van der Waals surface area contributed by atoms with Gasteiger partial charge in [0.2, 0.25) is 0 Å². The van der Waals surface area contributed by atoms with E-state index < -0.39 is 5.97 Å². The van der Waals surface area contributed by atoms with Gasteiger partial charge in [-0.1, -0.05) is 17.3 Å². The van der Waals surface area contributed by atoms with Gasteiger partial charge in [0.15, 0.2) is 0 Å². The van der Waals surface area contributed by atoms with Gasteiger partial charge in [-0.25, -0.2) is 0 Å². The number of aromatic nitrogens is 1. The number of ether oxygens (including phenoxy) is 1. The van der Waals surface area contributed by atoms with Crippen LogP contribution in [0.1, 0.15) is 34.3 Å². The fourth-order valence-electron chi connectivity index (χ4n) is 2.29. The first-order valence-electron chi connectivity index (χ1n) is 7.58. The normalized spacial score (nSPS) is 10.5. The molecule has 2 aromatic rings. The maximum atomic E-state index is 12.6. The Morgan fingerprint density at radius 1 is 1.29 bits per heavy atom. The number of carbonyl (C=O) groups excluding carboxylic acids is 1.